The minimum atomic E-state index is -3.48. The van der Waals surface area contributed by atoms with Gasteiger partial charge in [0.15, 0.2) is 6.04 Å². The number of nitrogens with zero attached hydrogens (tertiary/aromatic N) is 2. The minimum Gasteiger partial charge on any atom is -0.344 e. The molecular formula is C16H25BrN3O3S+. The van der Waals surface area contributed by atoms with Gasteiger partial charge in [0.05, 0.1) is 31.1 Å². The molecule has 24 heavy (non-hydrogen) atoms. The molecule has 8 heteroatoms. The van der Waals surface area contributed by atoms with Crippen molar-refractivity contribution in [3.05, 3.63) is 28.2 Å². The number of nitrogens with one attached hydrogen (secondary N) is 1. The van der Waals surface area contributed by atoms with Crippen molar-refractivity contribution in [1.29, 1.82) is 0 Å². The van der Waals surface area contributed by atoms with E-state index in [0.717, 1.165) is 14.9 Å². The summed E-state index contributed by atoms with van der Waals surface area (Å²) in [5.41, 5.74) is 0.894. The number of rotatable bonds is 4. The fraction of sp³-hybridized carbons (Fsp3) is 0.562. The number of halogens is 1. The molecule has 2 rings (SSSR count). The third kappa shape index (κ3) is 3.99. The van der Waals surface area contributed by atoms with Crippen LogP contribution in [0.25, 0.3) is 0 Å². The van der Waals surface area contributed by atoms with Gasteiger partial charge in [-0.3, -0.25) is 4.79 Å². The number of quaternary nitrogens is 1. The molecule has 1 amide bonds. The maximum Gasteiger partial charge on any atom is 0.280 e. The van der Waals surface area contributed by atoms with Crippen LogP contribution in [0, 0.1) is 6.92 Å². The highest BCUT2D eigenvalue weighted by Gasteiger charge is 2.34. The van der Waals surface area contributed by atoms with E-state index in [1.54, 1.807) is 37.2 Å². The molecule has 0 aromatic heterocycles. The number of carbonyl (C=O) groups is 1. The molecule has 0 aliphatic carbocycles. The van der Waals surface area contributed by atoms with Crippen molar-refractivity contribution < 1.29 is 18.1 Å². The van der Waals surface area contributed by atoms with Crippen molar-refractivity contribution in [3.8, 4) is 0 Å². The van der Waals surface area contributed by atoms with E-state index in [1.807, 2.05) is 13.8 Å². The monoisotopic (exact) mass is 418 g/mol. The SMILES string of the molecule is Cc1cc(S(=O)(=O)N2CC[NH+]([C@H](C)C(=O)N(C)C)CC2)ccc1Br. The predicted octanol–water partition coefficient (Wildman–Crippen LogP) is 0.123. The van der Waals surface area contributed by atoms with Gasteiger partial charge >= 0.3 is 0 Å². The lowest BCUT2D eigenvalue weighted by atomic mass is 10.2. The Morgan fingerprint density at radius 1 is 1.29 bits per heavy atom. The molecule has 1 aromatic rings. The van der Waals surface area contributed by atoms with Crippen LogP contribution in [-0.2, 0) is 14.8 Å². The van der Waals surface area contributed by atoms with Crippen LogP contribution in [0.1, 0.15) is 12.5 Å². The molecule has 6 nitrogen and oxygen atoms in total. The summed E-state index contributed by atoms with van der Waals surface area (Å²) in [5, 5.41) is 0. The number of hydrogen-bond donors (Lipinski definition) is 1. The first kappa shape index (κ1) is 19.4. The number of likely N-dealkylation sites (N-methyl/N-ethyl adjacent to an activating group) is 1. The smallest absolute Gasteiger partial charge is 0.280 e. The third-order valence-electron chi connectivity index (χ3n) is 4.56. The van der Waals surface area contributed by atoms with Crippen LogP contribution in [0.15, 0.2) is 27.6 Å². The maximum absolute atomic E-state index is 12.8. The van der Waals surface area contributed by atoms with Crippen LogP contribution in [-0.4, -0.2) is 69.8 Å². The van der Waals surface area contributed by atoms with Crippen molar-refractivity contribution in [2.24, 2.45) is 0 Å². The summed E-state index contributed by atoms with van der Waals surface area (Å²) in [6, 6.07) is 4.93. The van der Waals surface area contributed by atoms with Gasteiger partial charge in [0.2, 0.25) is 10.0 Å². The zero-order valence-electron chi connectivity index (χ0n) is 14.5. The molecule has 0 unspecified atom stereocenters. The Kier molecular flexibility index (Phi) is 6.06. The Hall–Kier alpha value is -0.960. The Labute approximate surface area is 152 Å². The molecule has 0 radical (unpaired) electrons. The van der Waals surface area contributed by atoms with E-state index >= 15 is 0 Å². The van der Waals surface area contributed by atoms with Crippen LogP contribution < -0.4 is 4.90 Å². The van der Waals surface area contributed by atoms with Gasteiger partial charge in [0.1, 0.15) is 0 Å². The standard InChI is InChI=1S/C16H24BrN3O3S/c1-12-11-14(5-6-15(12)17)24(22,23)20-9-7-19(8-10-20)13(2)16(21)18(3)4/h5-6,11,13H,7-10H2,1-4H3/p+1/t13-/m1/s1. The second-order valence-electron chi connectivity index (χ2n) is 6.43. The summed E-state index contributed by atoms with van der Waals surface area (Å²) in [6.07, 6.45) is 0. The average molecular weight is 419 g/mol. The summed E-state index contributed by atoms with van der Waals surface area (Å²) < 4.78 is 28.0. The van der Waals surface area contributed by atoms with E-state index in [1.165, 1.54) is 4.31 Å². The number of hydrogen-bond acceptors (Lipinski definition) is 3. The number of amides is 1. The first-order chi connectivity index (χ1) is 11.1. The van der Waals surface area contributed by atoms with Crippen molar-refractivity contribution in [1.82, 2.24) is 9.21 Å². The molecule has 0 bridgehead atoms. The van der Waals surface area contributed by atoms with Gasteiger partial charge in [0, 0.05) is 18.6 Å². The fourth-order valence-electron chi connectivity index (χ4n) is 2.94. The summed E-state index contributed by atoms with van der Waals surface area (Å²) in [4.78, 5) is 15.1. The molecule has 1 fully saturated rings. The highest BCUT2D eigenvalue weighted by molar-refractivity contribution is 9.10. The third-order valence-corrected chi connectivity index (χ3v) is 7.34. The molecule has 1 heterocycles. The van der Waals surface area contributed by atoms with E-state index < -0.39 is 10.0 Å². The molecule has 1 aromatic carbocycles. The number of sulfonamides is 1. The lowest BCUT2D eigenvalue weighted by Gasteiger charge is -2.34. The molecule has 1 saturated heterocycles. The van der Waals surface area contributed by atoms with Gasteiger partial charge in [-0.25, -0.2) is 8.42 Å². The van der Waals surface area contributed by atoms with Crippen LogP contribution in [0.3, 0.4) is 0 Å². The highest BCUT2D eigenvalue weighted by Crippen LogP contribution is 2.22. The number of piperazine rings is 1. The molecular weight excluding hydrogens is 394 g/mol. The van der Waals surface area contributed by atoms with Crippen LogP contribution in [0.5, 0.6) is 0 Å². The normalized spacial score (nSPS) is 18.4. The topological polar surface area (TPSA) is 62.1 Å². The van der Waals surface area contributed by atoms with Crippen LogP contribution >= 0.6 is 15.9 Å². The summed E-state index contributed by atoms with van der Waals surface area (Å²) in [5.74, 6) is 0.0739. The fourth-order valence-corrected chi connectivity index (χ4v) is 4.71. The van der Waals surface area contributed by atoms with E-state index in [9.17, 15) is 13.2 Å². The van der Waals surface area contributed by atoms with Gasteiger partial charge in [0.25, 0.3) is 5.91 Å². The Morgan fingerprint density at radius 2 is 1.88 bits per heavy atom. The Bertz CT molecular complexity index is 713. The van der Waals surface area contributed by atoms with Gasteiger partial charge in [-0.2, -0.15) is 4.31 Å². The number of carbonyl (C=O) groups excluding carboxylic acids is 1. The van der Waals surface area contributed by atoms with E-state index in [4.69, 9.17) is 0 Å². The van der Waals surface area contributed by atoms with E-state index in [2.05, 4.69) is 15.9 Å². The number of aryl methyl sites for hydroxylation is 1. The van der Waals surface area contributed by atoms with Gasteiger partial charge < -0.3 is 9.80 Å². The quantitative estimate of drug-likeness (QED) is 0.755. The molecule has 1 atom stereocenters. The second-order valence-corrected chi connectivity index (χ2v) is 9.22. The van der Waals surface area contributed by atoms with Crippen LogP contribution in [0.2, 0.25) is 0 Å². The van der Waals surface area contributed by atoms with Gasteiger partial charge in [-0.15, -0.1) is 0 Å². The van der Waals surface area contributed by atoms with Crippen molar-refractivity contribution in [2.75, 3.05) is 40.3 Å². The van der Waals surface area contributed by atoms with Gasteiger partial charge in [-0.05, 0) is 37.6 Å². The largest absolute Gasteiger partial charge is 0.344 e. The average Bonchev–Trinajstić information content (AvgIpc) is 2.55. The van der Waals surface area contributed by atoms with E-state index in [0.29, 0.717) is 31.1 Å². The van der Waals surface area contributed by atoms with Crippen LogP contribution in [0.4, 0.5) is 0 Å². The lowest BCUT2D eigenvalue weighted by Crippen LogP contribution is -3.19. The molecule has 1 aliphatic heterocycles. The second kappa shape index (κ2) is 7.51. The maximum atomic E-state index is 12.8. The zero-order chi connectivity index (χ0) is 18.1. The van der Waals surface area contributed by atoms with Crippen molar-refractivity contribution in [3.63, 3.8) is 0 Å². The first-order valence-electron chi connectivity index (χ1n) is 7.96. The minimum absolute atomic E-state index is 0.0739. The summed E-state index contributed by atoms with van der Waals surface area (Å²) >= 11 is 3.39. The van der Waals surface area contributed by atoms with Crippen molar-refractivity contribution >= 4 is 31.9 Å². The first-order valence-corrected chi connectivity index (χ1v) is 10.2. The molecule has 0 saturated carbocycles. The highest BCUT2D eigenvalue weighted by atomic mass is 79.9. The molecule has 1 aliphatic rings. The molecule has 1 N–H and O–H groups in total. The predicted molar refractivity (Wildman–Crippen MR) is 96.5 cm³/mol. The number of benzene rings is 1. The molecule has 134 valence electrons. The van der Waals surface area contributed by atoms with Gasteiger partial charge in [-0.1, -0.05) is 15.9 Å². The summed E-state index contributed by atoms with van der Waals surface area (Å²) in [7, 11) is 0.00660. The molecule has 0 spiro atoms. The Balaban J connectivity index is 2.08. The Morgan fingerprint density at radius 3 is 2.38 bits per heavy atom. The zero-order valence-corrected chi connectivity index (χ0v) is 16.9. The van der Waals surface area contributed by atoms with Crippen molar-refractivity contribution in [2.45, 2.75) is 24.8 Å². The van der Waals surface area contributed by atoms with E-state index in [-0.39, 0.29) is 11.9 Å². The lowest BCUT2D eigenvalue weighted by molar-refractivity contribution is -0.917. The summed E-state index contributed by atoms with van der Waals surface area (Å²) in [6.45, 7) is 5.90.